The monoisotopic (exact) mass is 360 g/mol. The lowest BCUT2D eigenvalue weighted by Crippen LogP contribution is -2.55. The van der Waals surface area contributed by atoms with E-state index in [0.717, 1.165) is 31.1 Å². The van der Waals surface area contributed by atoms with Crippen LogP contribution >= 0.6 is 0 Å². The number of ketones is 1. The van der Waals surface area contributed by atoms with Gasteiger partial charge in [0.25, 0.3) is 0 Å². The Morgan fingerprint density at radius 2 is 1.81 bits per heavy atom. The molecule has 0 heterocycles. The fraction of sp³-hybridized carbons (Fsp3) is 0.913. The van der Waals surface area contributed by atoms with Crippen molar-refractivity contribution in [2.24, 2.45) is 40.4 Å². The molecule has 4 fully saturated rings. The molecule has 26 heavy (non-hydrogen) atoms. The van der Waals surface area contributed by atoms with E-state index in [9.17, 15) is 9.59 Å². The molecule has 0 amide bonds. The summed E-state index contributed by atoms with van der Waals surface area (Å²) >= 11 is 0. The molecule has 0 radical (unpaired) electrons. The molecule has 3 heteroatoms. The highest BCUT2D eigenvalue weighted by molar-refractivity contribution is 5.82. The SMILES string of the molecule is CCC(=O)O[C@H]1CCC2C3CC[C@H]4CC(=O)[C@H](C)C[C@]4(C)C3CC[C@@]21C. The largest absolute Gasteiger partial charge is 0.462 e. The Morgan fingerprint density at radius 1 is 1.08 bits per heavy atom. The summed E-state index contributed by atoms with van der Waals surface area (Å²) in [6.07, 6.45) is 9.72. The van der Waals surface area contributed by atoms with Crippen molar-refractivity contribution >= 4 is 11.8 Å². The molecule has 0 aromatic carbocycles. The van der Waals surface area contributed by atoms with Crippen LogP contribution in [-0.2, 0) is 14.3 Å². The predicted octanol–water partition coefficient (Wildman–Crippen LogP) is 5.17. The van der Waals surface area contributed by atoms with Crippen LogP contribution < -0.4 is 0 Å². The molecule has 4 rings (SSSR count). The van der Waals surface area contributed by atoms with Crippen LogP contribution in [0.3, 0.4) is 0 Å². The molecule has 0 saturated heterocycles. The smallest absolute Gasteiger partial charge is 0.305 e. The van der Waals surface area contributed by atoms with Gasteiger partial charge in [-0.2, -0.15) is 0 Å². The predicted molar refractivity (Wildman–Crippen MR) is 101 cm³/mol. The van der Waals surface area contributed by atoms with Crippen LogP contribution in [0.5, 0.6) is 0 Å². The summed E-state index contributed by atoms with van der Waals surface area (Å²) in [7, 11) is 0. The van der Waals surface area contributed by atoms with Gasteiger partial charge in [-0.1, -0.05) is 27.7 Å². The lowest BCUT2D eigenvalue weighted by molar-refractivity contribution is -0.165. The first-order valence-corrected chi connectivity index (χ1v) is 11.0. The Morgan fingerprint density at radius 3 is 2.54 bits per heavy atom. The fourth-order valence-corrected chi connectivity index (χ4v) is 7.79. The molecule has 0 aromatic heterocycles. The number of hydrogen-bond acceptors (Lipinski definition) is 3. The Kier molecular flexibility index (Phi) is 4.51. The first kappa shape index (κ1) is 18.5. The van der Waals surface area contributed by atoms with E-state index in [1.165, 1.54) is 32.1 Å². The molecule has 4 aliphatic rings. The zero-order valence-electron chi connectivity index (χ0n) is 17.1. The van der Waals surface area contributed by atoms with Crippen molar-refractivity contribution in [2.75, 3.05) is 0 Å². The second-order valence-corrected chi connectivity index (χ2v) is 10.4. The van der Waals surface area contributed by atoms with Gasteiger partial charge in [0.2, 0.25) is 0 Å². The summed E-state index contributed by atoms with van der Waals surface area (Å²) in [5, 5.41) is 0. The van der Waals surface area contributed by atoms with Crippen molar-refractivity contribution in [3.63, 3.8) is 0 Å². The zero-order chi connectivity index (χ0) is 18.7. The third kappa shape index (κ3) is 2.59. The van der Waals surface area contributed by atoms with Gasteiger partial charge in [-0.15, -0.1) is 0 Å². The van der Waals surface area contributed by atoms with Crippen molar-refractivity contribution in [2.45, 2.75) is 91.6 Å². The van der Waals surface area contributed by atoms with Crippen molar-refractivity contribution in [1.29, 1.82) is 0 Å². The number of Topliss-reactive ketones (excluding diaryl/α,β-unsaturated/α-hetero) is 1. The number of fused-ring (bicyclic) bond motifs is 5. The van der Waals surface area contributed by atoms with E-state index in [-0.39, 0.29) is 23.4 Å². The topological polar surface area (TPSA) is 43.4 Å². The number of esters is 1. The van der Waals surface area contributed by atoms with Crippen LogP contribution in [0.15, 0.2) is 0 Å². The number of hydrogen-bond donors (Lipinski definition) is 0. The van der Waals surface area contributed by atoms with Crippen LogP contribution in [0.4, 0.5) is 0 Å². The van der Waals surface area contributed by atoms with Crippen LogP contribution in [0.25, 0.3) is 0 Å². The molecule has 0 N–H and O–H groups in total. The summed E-state index contributed by atoms with van der Waals surface area (Å²) in [6.45, 7) is 8.94. The fourth-order valence-electron chi connectivity index (χ4n) is 7.79. The molecule has 146 valence electrons. The standard InChI is InChI=1S/C23H36O3/c1-5-21(25)26-20-9-8-17-16-7-6-15-12-19(24)14(2)13-23(15,4)18(16)10-11-22(17,20)3/h14-18,20H,5-13H2,1-4H3/t14-,15+,16?,17?,18?,20+,22+,23+/m1/s1. The van der Waals surface area contributed by atoms with Gasteiger partial charge < -0.3 is 4.74 Å². The molecule has 0 aromatic rings. The van der Waals surface area contributed by atoms with Crippen molar-refractivity contribution in [3.05, 3.63) is 0 Å². The van der Waals surface area contributed by atoms with Gasteiger partial charge in [0.05, 0.1) is 0 Å². The van der Waals surface area contributed by atoms with Gasteiger partial charge in [0.1, 0.15) is 11.9 Å². The first-order valence-electron chi connectivity index (χ1n) is 11.0. The maximum absolute atomic E-state index is 12.3. The Labute approximate surface area is 158 Å². The summed E-state index contributed by atoms with van der Waals surface area (Å²) in [6, 6.07) is 0. The molecule has 0 spiro atoms. The maximum atomic E-state index is 12.3. The molecular weight excluding hydrogens is 324 g/mol. The molecule has 4 aliphatic carbocycles. The van der Waals surface area contributed by atoms with Crippen molar-refractivity contribution in [3.8, 4) is 0 Å². The minimum absolute atomic E-state index is 0.0331. The molecule has 0 bridgehead atoms. The Balaban J connectivity index is 1.57. The average molecular weight is 361 g/mol. The van der Waals surface area contributed by atoms with Crippen LogP contribution in [-0.4, -0.2) is 17.9 Å². The minimum atomic E-state index is -0.0331. The summed E-state index contributed by atoms with van der Waals surface area (Å²) in [4.78, 5) is 24.2. The molecular formula is C23H36O3. The lowest BCUT2D eigenvalue weighted by atomic mass is 9.44. The van der Waals surface area contributed by atoms with Gasteiger partial charge in [-0.05, 0) is 74.0 Å². The van der Waals surface area contributed by atoms with Gasteiger partial charge in [0, 0.05) is 24.2 Å². The highest BCUT2D eigenvalue weighted by Crippen LogP contribution is 2.66. The van der Waals surface area contributed by atoms with E-state index in [1.54, 1.807) is 0 Å². The van der Waals surface area contributed by atoms with Gasteiger partial charge >= 0.3 is 5.97 Å². The highest BCUT2D eigenvalue weighted by atomic mass is 16.5. The third-order valence-corrected chi connectivity index (χ3v) is 9.28. The van der Waals surface area contributed by atoms with Gasteiger partial charge in [-0.25, -0.2) is 0 Å². The van der Waals surface area contributed by atoms with Crippen LogP contribution in [0, 0.1) is 40.4 Å². The molecule has 8 atom stereocenters. The molecule has 3 nitrogen and oxygen atoms in total. The quantitative estimate of drug-likeness (QED) is 0.638. The summed E-state index contributed by atoms with van der Waals surface area (Å²) in [5.74, 6) is 3.53. The Bertz CT molecular complexity index is 598. The molecule has 4 saturated carbocycles. The van der Waals surface area contributed by atoms with E-state index >= 15 is 0 Å². The summed E-state index contributed by atoms with van der Waals surface area (Å²) in [5.41, 5.74) is 0.515. The van der Waals surface area contributed by atoms with E-state index in [4.69, 9.17) is 4.74 Å². The maximum Gasteiger partial charge on any atom is 0.305 e. The van der Waals surface area contributed by atoms with E-state index in [2.05, 4.69) is 20.8 Å². The average Bonchev–Trinajstić information content (AvgIpc) is 2.93. The van der Waals surface area contributed by atoms with Crippen LogP contribution in [0.1, 0.15) is 85.5 Å². The van der Waals surface area contributed by atoms with Gasteiger partial charge in [0.15, 0.2) is 0 Å². The third-order valence-electron chi connectivity index (χ3n) is 9.28. The zero-order valence-corrected chi connectivity index (χ0v) is 17.1. The van der Waals surface area contributed by atoms with Crippen LogP contribution in [0.2, 0.25) is 0 Å². The minimum Gasteiger partial charge on any atom is -0.462 e. The molecule has 3 unspecified atom stereocenters. The van der Waals surface area contributed by atoms with E-state index in [1.807, 2.05) is 6.92 Å². The first-order chi connectivity index (χ1) is 12.3. The normalized spacial score (nSPS) is 50.5. The highest BCUT2D eigenvalue weighted by Gasteiger charge is 2.61. The number of carbonyl (C=O) groups is 2. The second-order valence-electron chi connectivity index (χ2n) is 10.4. The number of ether oxygens (including phenoxy) is 1. The van der Waals surface area contributed by atoms with Crippen molar-refractivity contribution < 1.29 is 14.3 Å². The summed E-state index contributed by atoms with van der Waals surface area (Å²) < 4.78 is 5.89. The number of carbonyl (C=O) groups excluding carboxylic acids is 2. The lowest BCUT2D eigenvalue weighted by Gasteiger charge is -2.60. The van der Waals surface area contributed by atoms with Gasteiger partial charge in [-0.3, -0.25) is 9.59 Å². The van der Waals surface area contributed by atoms with Crippen molar-refractivity contribution in [1.82, 2.24) is 0 Å². The number of rotatable bonds is 2. The van der Waals surface area contributed by atoms with E-state index < -0.39 is 0 Å². The molecule has 0 aliphatic heterocycles. The second kappa shape index (κ2) is 6.34. The van der Waals surface area contributed by atoms with E-state index in [0.29, 0.717) is 29.5 Å². The Hall–Kier alpha value is -0.860.